The number of nitrogens with two attached hydrogens (primary N) is 1. The van der Waals surface area contributed by atoms with Crippen molar-refractivity contribution in [3.63, 3.8) is 0 Å². The Hall–Kier alpha value is -4.42. The number of ketones is 4. The SMILES string of the molecule is CC(C)COC(=O)Nc1ccc(-c2ccc(O)c3c2CC2CC4C(N(C)C)C(=O)C(C(N)=O)C(=O)C4(O)C(=O)C2C3=O)cc1. The predicted molar refractivity (Wildman–Crippen MR) is 157 cm³/mol. The molecule has 0 bridgehead atoms. The molecule has 0 spiro atoms. The number of anilines is 1. The van der Waals surface area contributed by atoms with Crippen molar-refractivity contribution in [3.05, 3.63) is 47.5 Å². The molecule has 12 nitrogen and oxygen atoms in total. The van der Waals surface area contributed by atoms with E-state index in [9.17, 15) is 39.0 Å². The Balaban J connectivity index is 1.51. The normalized spacial score (nSPS) is 27.9. The average molecular weight is 606 g/mol. The zero-order chi connectivity index (χ0) is 32.2. The summed E-state index contributed by atoms with van der Waals surface area (Å²) in [6.45, 7) is 4.11. The van der Waals surface area contributed by atoms with Crippen LogP contribution in [0.3, 0.4) is 0 Å². The van der Waals surface area contributed by atoms with Gasteiger partial charge in [-0.25, -0.2) is 4.79 Å². The van der Waals surface area contributed by atoms with Crippen LogP contribution in [-0.4, -0.2) is 82.6 Å². The number of hydrogen-bond donors (Lipinski definition) is 4. The smallest absolute Gasteiger partial charge is 0.411 e. The molecule has 6 unspecified atom stereocenters. The molecule has 2 aromatic carbocycles. The minimum Gasteiger partial charge on any atom is -0.507 e. The number of likely N-dealkylation sites (N-methyl/N-ethyl adjacent to an activating group) is 1. The lowest BCUT2D eigenvalue weighted by Gasteiger charge is -2.52. The Labute approximate surface area is 253 Å². The van der Waals surface area contributed by atoms with Crippen LogP contribution < -0.4 is 11.1 Å². The molecule has 44 heavy (non-hydrogen) atoms. The van der Waals surface area contributed by atoms with E-state index in [1.807, 2.05) is 13.8 Å². The van der Waals surface area contributed by atoms with Gasteiger partial charge in [0.15, 0.2) is 34.7 Å². The number of aromatic hydroxyl groups is 1. The number of carbonyl (C=O) groups is 6. The van der Waals surface area contributed by atoms with Gasteiger partial charge in [0.2, 0.25) is 5.91 Å². The first-order valence-electron chi connectivity index (χ1n) is 14.4. The highest BCUT2D eigenvalue weighted by atomic mass is 16.5. The number of nitrogens with one attached hydrogen (secondary N) is 1. The monoisotopic (exact) mass is 605 g/mol. The number of ether oxygens (including phenoxy) is 1. The van der Waals surface area contributed by atoms with Gasteiger partial charge >= 0.3 is 6.09 Å². The molecule has 5 rings (SSSR count). The van der Waals surface area contributed by atoms with Crippen molar-refractivity contribution in [2.24, 2.45) is 35.3 Å². The molecule has 2 aromatic rings. The summed E-state index contributed by atoms with van der Waals surface area (Å²) in [5, 5.41) is 25.1. The molecule has 2 amide bonds. The van der Waals surface area contributed by atoms with Crippen LogP contribution in [0.4, 0.5) is 10.5 Å². The molecule has 0 aromatic heterocycles. The Kier molecular flexibility index (Phi) is 7.93. The van der Waals surface area contributed by atoms with Crippen molar-refractivity contribution in [1.29, 1.82) is 0 Å². The van der Waals surface area contributed by atoms with E-state index >= 15 is 0 Å². The Morgan fingerprint density at radius 2 is 1.73 bits per heavy atom. The largest absolute Gasteiger partial charge is 0.507 e. The zero-order valence-corrected chi connectivity index (χ0v) is 24.8. The number of rotatable bonds is 6. The van der Waals surface area contributed by atoms with Crippen molar-refractivity contribution in [1.82, 2.24) is 4.90 Å². The summed E-state index contributed by atoms with van der Waals surface area (Å²) < 4.78 is 5.15. The number of aliphatic hydroxyl groups is 1. The second kappa shape index (κ2) is 11.3. The molecule has 0 radical (unpaired) electrons. The summed E-state index contributed by atoms with van der Waals surface area (Å²) in [5.74, 6) is -10.8. The first-order chi connectivity index (χ1) is 20.7. The molecule has 5 N–H and O–H groups in total. The number of hydrogen-bond acceptors (Lipinski definition) is 10. The second-order valence-corrected chi connectivity index (χ2v) is 12.5. The summed E-state index contributed by atoms with van der Waals surface area (Å²) in [7, 11) is 3.07. The molecule has 3 aliphatic carbocycles. The van der Waals surface area contributed by atoms with Gasteiger partial charge in [-0.1, -0.05) is 32.0 Å². The van der Waals surface area contributed by atoms with Crippen molar-refractivity contribution in [2.45, 2.75) is 38.3 Å². The number of benzene rings is 2. The summed E-state index contributed by atoms with van der Waals surface area (Å²) in [5.41, 5.74) is 4.75. The first kappa shape index (κ1) is 31.0. The third-order valence-electron chi connectivity index (χ3n) is 8.93. The average Bonchev–Trinajstić information content (AvgIpc) is 2.94. The van der Waals surface area contributed by atoms with Gasteiger partial charge in [0.1, 0.15) is 5.75 Å². The van der Waals surface area contributed by atoms with E-state index in [0.29, 0.717) is 22.4 Å². The van der Waals surface area contributed by atoms with Gasteiger partial charge in [-0.15, -0.1) is 0 Å². The highest BCUT2D eigenvalue weighted by Crippen LogP contribution is 2.51. The van der Waals surface area contributed by atoms with Crippen molar-refractivity contribution in [3.8, 4) is 16.9 Å². The van der Waals surface area contributed by atoms with E-state index < -0.39 is 70.4 Å². The highest BCUT2D eigenvalue weighted by Gasteiger charge is 2.69. The number of amides is 2. The molecule has 2 fully saturated rings. The van der Waals surface area contributed by atoms with Crippen LogP contribution >= 0.6 is 0 Å². The quantitative estimate of drug-likeness (QED) is 0.352. The lowest BCUT2D eigenvalue weighted by atomic mass is 9.52. The topological polar surface area (TPSA) is 193 Å². The Morgan fingerprint density at radius 3 is 2.32 bits per heavy atom. The Morgan fingerprint density at radius 1 is 1.07 bits per heavy atom. The minimum atomic E-state index is -2.77. The zero-order valence-electron chi connectivity index (χ0n) is 24.8. The van der Waals surface area contributed by atoms with Crippen LogP contribution in [0.1, 0.15) is 36.2 Å². The maximum absolute atomic E-state index is 14.0. The van der Waals surface area contributed by atoms with E-state index in [1.165, 1.54) is 25.1 Å². The van der Waals surface area contributed by atoms with Crippen LogP contribution in [0, 0.1) is 29.6 Å². The van der Waals surface area contributed by atoms with Gasteiger partial charge in [0.05, 0.1) is 24.1 Å². The van der Waals surface area contributed by atoms with Crippen molar-refractivity contribution >= 4 is 40.8 Å². The molecule has 0 aliphatic heterocycles. The molecule has 3 aliphatic rings. The molecule has 2 saturated carbocycles. The van der Waals surface area contributed by atoms with Crippen LogP contribution in [0.25, 0.3) is 11.1 Å². The molecule has 0 heterocycles. The van der Waals surface area contributed by atoms with Crippen LogP contribution in [0.2, 0.25) is 0 Å². The summed E-state index contributed by atoms with van der Waals surface area (Å²) in [6.07, 6.45) is -0.498. The lowest BCUT2D eigenvalue weighted by molar-refractivity contribution is -0.181. The molecular formula is C32H35N3O9. The van der Waals surface area contributed by atoms with Crippen LogP contribution in [-0.2, 0) is 30.3 Å². The summed E-state index contributed by atoms with van der Waals surface area (Å²) in [6, 6.07) is 8.61. The predicted octanol–water partition coefficient (Wildman–Crippen LogP) is 1.74. The van der Waals surface area contributed by atoms with Gasteiger partial charge in [0, 0.05) is 11.6 Å². The molecular weight excluding hydrogens is 570 g/mol. The standard InChI is InChI=1S/C32H35N3O9/c1-14(2)13-44-31(42)34-17-7-5-15(6-8-17)18-9-10-21(36)23-19(18)11-16-12-20-25(35(3)4)27(38)24(30(33)41)29(40)32(20,43)28(39)22(16)26(23)37/h5-10,14,16,20,22,24-25,36,43H,11-13H2,1-4H3,(H2,33,41)(H,34,42). The number of fused-ring (bicyclic) bond motifs is 3. The number of phenolic OH excluding ortho intramolecular Hbond substituents is 1. The molecule has 12 heteroatoms. The summed E-state index contributed by atoms with van der Waals surface area (Å²) >= 11 is 0. The van der Waals surface area contributed by atoms with Gasteiger partial charge in [-0.2, -0.15) is 0 Å². The Bertz CT molecular complexity index is 1580. The van der Waals surface area contributed by atoms with Crippen molar-refractivity contribution < 1.29 is 43.7 Å². The molecule has 6 atom stereocenters. The van der Waals surface area contributed by atoms with E-state index in [4.69, 9.17) is 10.5 Å². The van der Waals surface area contributed by atoms with Gasteiger partial charge < -0.3 is 20.7 Å². The van der Waals surface area contributed by atoms with E-state index in [1.54, 1.807) is 30.3 Å². The van der Waals surface area contributed by atoms with Crippen molar-refractivity contribution in [2.75, 3.05) is 26.0 Å². The fourth-order valence-electron chi connectivity index (χ4n) is 7.00. The maximum atomic E-state index is 14.0. The third kappa shape index (κ3) is 4.87. The fraction of sp³-hybridized carbons (Fsp3) is 0.438. The molecule has 232 valence electrons. The number of Topliss-reactive ketones (excluding diaryl/α,β-unsaturated/α-hetero) is 4. The van der Waals surface area contributed by atoms with Gasteiger partial charge in [0.25, 0.3) is 0 Å². The molecule has 0 saturated heterocycles. The fourth-order valence-corrected chi connectivity index (χ4v) is 7.00. The summed E-state index contributed by atoms with van der Waals surface area (Å²) in [4.78, 5) is 80.2. The maximum Gasteiger partial charge on any atom is 0.411 e. The third-order valence-corrected chi connectivity index (χ3v) is 8.93. The highest BCUT2D eigenvalue weighted by molar-refractivity contribution is 6.32. The van der Waals surface area contributed by atoms with Crippen LogP contribution in [0.15, 0.2) is 36.4 Å². The van der Waals surface area contributed by atoms with E-state index in [2.05, 4.69) is 5.32 Å². The lowest BCUT2D eigenvalue weighted by Crippen LogP contribution is -2.74. The first-order valence-corrected chi connectivity index (χ1v) is 14.4. The van der Waals surface area contributed by atoms with Gasteiger partial charge in [-0.3, -0.25) is 34.2 Å². The number of nitrogens with zero attached hydrogens (tertiary/aromatic N) is 1. The minimum absolute atomic E-state index is 0.0413. The number of carbonyl (C=O) groups excluding carboxylic acids is 6. The van der Waals surface area contributed by atoms with Crippen LogP contribution in [0.5, 0.6) is 5.75 Å². The number of phenols is 1. The second-order valence-electron chi connectivity index (χ2n) is 12.5. The number of primary amides is 1. The van der Waals surface area contributed by atoms with E-state index in [0.717, 1.165) is 0 Å². The van der Waals surface area contributed by atoms with E-state index in [-0.39, 0.29) is 36.7 Å². The van der Waals surface area contributed by atoms with Gasteiger partial charge in [-0.05, 0) is 73.7 Å².